The van der Waals surface area contributed by atoms with Crippen molar-refractivity contribution in [1.82, 2.24) is 0 Å². The van der Waals surface area contributed by atoms with Crippen LogP contribution in [-0.4, -0.2) is 18.0 Å². The van der Waals surface area contributed by atoms with Crippen LogP contribution < -0.4 is 11.1 Å². The normalized spacial score (nSPS) is 13.6. The van der Waals surface area contributed by atoms with E-state index in [0.717, 1.165) is 11.3 Å². The molecule has 3 N–H and O–H groups in total. The van der Waals surface area contributed by atoms with Crippen molar-refractivity contribution >= 4 is 27.8 Å². The standard InChI is InChI=1S/C12H17F3N2OS/c1-6(2)10(18)11-8(16)4-9(19-11)17-7(3)5-12(13,14)15/h4,6-7,17H,5,16H2,1-3H3. The predicted octanol–water partition coefficient (Wildman–Crippen LogP) is 3.92. The number of nitrogen functional groups attached to an aromatic ring is 1. The van der Waals surface area contributed by atoms with Crippen molar-refractivity contribution in [3.05, 3.63) is 10.9 Å². The molecule has 0 spiro atoms. The molecule has 108 valence electrons. The van der Waals surface area contributed by atoms with Gasteiger partial charge in [-0.25, -0.2) is 0 Å². The van der Waals surface area contributed by atoms with Crippen molar-refractivity contribution in [3.8, 4) is 0 Å². The molecule has 3 nitrogen and oxygen atoms in total. The first kappa shape index (κ1) is 15.8. The number of nitrogens with two attached hydrogens (primary N) is 1. The number of halogens is 3. The van der Waals surface area contributed by atoms with E-state index in [4.69, 9.17) is 5.73 Å². The fourth-order valence-corrected chi connectivity index (χ4v) is 2.75. The maximum absolute atomic E-state index is 12.2. The van der Waals surface area contributed by atoms with Gasteiger partial charge in [0.15, 0.2) is 5.78 Å². The molecule has 0 aliphatic heterocycles. The number of hydrogen-bond acceptors (Lipinski definition) is 4. The first-order chi connectivity index (χ1) is 8.60. The zero-order valence-electron chi connectivity index (χ0n) is 11.0. The molecule has 0 aromatic carbocycles. The number of hydrogen-bond donors (Lipinski definition) is 2. The quantitative estimate of drug-likeness (QED) is 0.809. The van der Waals surface area contributed by atoms with Crippen LogP contribution in [0.4, 0.5) is 23.9 Å². The molecule has 19 heavy (non-hydrogen) atoms. The topological polar surface area (TPSA) is 55.1 Å². The number of ketones is 1. The molecule has 1 unspecified atom stereocenters. The Morgan fingerprint density at radius 3 is 2.47 bits per heavy atom. The van der Waals surface area contributed by atoms with Crippen LogP contribution in [0.3, 0.4) is 0 Å². The molecule has 0 aliphatic carbocycles. The van der Waals surface area contributed by atoms with Crippen molar-refractivity contribution < 1.29 is 18.0 Å². The average molecular weight is 294 g/mol. The van der Waals surface area contributed by atoms with E-state index in [2.05, 4.69) is 5.32 Å². The van der Waals surface area contributed by atoms with E-state index in [1.807, 2.05) is 0 Å². The van der Waals surface area contributed by atoms with Gasteiger partial charge in [0.2, 0.25) is 0 Å². The van der Waals surface area contributed by atoms with Gasteiger partial charge in [0, 0.05) is 12.0 Å². The molecule has 1 heterocycles. The van der Waals surface area contributed by atoms with Crippen molar-refractivity contribution in [1.29, 1.82) is 0 Å². The van der Waals surface area contributed by atoms with Gasteiger partial charge in [0.25, 0.3) is 0 Å². The number of Topliss-reactive ketones (excluding diaryl/α,β-unsaturated/α-hetero) is 1. The van der Waals surface area contributed by atoms with E-state index in [1.165, 1.54) is 13.0 Å². The van der Waals surface area contributed by atoms with Gasteiger partial charge in [0.1, 0.15) is 0 Å². The molecule has 0 amide bonds. The number of carbonyl (C=O) groups excluding carboxylic acids is 1. The summed E-state index contributed by atoms with van der Waals surface area (Å²) in [4.78, 5) is 12.2. The Hall–Kier alpha value is -1.24. The Labute approximate surface area is 114 Å². The van der Waals surface area contributed by atoms with Crippen LogP contribution in [0, 0.1) is 5.92 Å². The van der Waals surface area contributed by atoms with E-state index in [0.29, 0.717) is 15.6 Å². The Morgan fingerprint density at radius 2 is 2.00 bits per heavy atom. The van der Waals surface area contributed by atoms with E-state index in [-0.39, 0.29) is 11.7 Å². The maximum Gasteiger partial charge on any atom is 0.391 e. The Bertz CT molecular complexity index is 454. The van der Waals surface area contributed by atoms with E-state index in [1.54, 1.807) is 13.8 Å². The molecule has 1 aromatic heterocycles. The third kappa shape index (κ3) is 4.74. The Balaban J connectivity index is 2.76. The SMILES string of the molecule is CC(CC(F)(F)F)Nc1cc(N)c(C(=O)C(C)C)s1. The van der Waals surface area contributed by atoms with Crippen LogP contribution in [0.5, 0.6) is 0 Å². The minimum absolute atomic E-state index is 0.0981. The number of nitrogens with one attached hydrogen (secondary N) is 1. The van der Waals surface area contributed by atoms with Crippen LogP contribution in [0.25, 0.3) is 0 Å². The van der Waals surface area contributed by atoms with Crippen molar-refractivity contribution in [2.75, 3.05) is 11.1 Å². The highest BCUT2D eigenvalue weighted by molar-refractivity contribution is 7.18. The lowest BCUT2D eigenvalue weighted by atomic mass is 10.1. The molecule has 0 fully saturated rings. The summed E-state index contributed by atoms with van der Waals surface area (Å²) in [6, 6.07) is 0.743. The smallest absolute Gasteiger partial charge is 0.391 e. The summed E-state index contributed by atoms with van der Waals surface area (Å²) >= 11 is 1.10. The van der Waals surface area contributed by atoms with E-state index in [9.17, 15) is 18.0 Å². The predicted molar refractivity (Wildman–Crippen MR) is 71.7 cm³/mol. The molecule has 0 saturated heterocycles. The summed E-state index contributed by atoms with van der Waals surface area (Å²) in [5.41, 5.74) is 6.02. The zero-order chi connectivity index (χ0) is 14.8. The van der Waals surface area contributed by atoms with Gasteiger partial charge in [0.05, 0.1) is 22.0 Å². The van der Waals surface area contributed by atoms with Crippen LogP contribution >= 0.6 is 11.3 Å². The van der Waals surface area contributed by atoms with Gasteiger partial charge < -0.3 is 11.1 Å². The number of rotatable bonds is 5. The summed E-state index contributed by atoms with van der Waals surface area (Å²) in [5, 5.41) is 3.20. The molecule has 1 rings (SSSR count). The third-order valence-electron chi connectivity index (χ3n) is 2.44. The molecule has 1 aromatic rings. The van der Waals surface area contributed by atoms with Crippen LogP contribution in [0.2, 0.25) is 0 Å². The second-order valence-corrected chi connectivity index (χ2v) is 5.83. The highest BCUT2D eigenvalue weighted by Crippen LogP contribution is 2.32. The third-order valence-corrected chi connectivity index (χ3v) is 3.53. The van der Waals surface area contributed by atoms with Crippen LogP contribution in [-0.2, 0) is 0 Å². The number of anilines is 2. The zero-order valence-corrected chi connectivity index (χ0v) is 11.8. The fourth-order valence-electron chi connectivity index (χ4n) is 1.57. The minimum atomic E-state index is -4.22. The molecule has 0 bridgehead atoms. The minimum Gasteiger partial charge on any atom is -0.397 e. The molecular formula is C12H17F3N2OS. The molecule has 0 aliphatic rings. The monoisotopic (exact) mass is 294 g/mol. The van der Waals surface area contributed by atoms with E-state index >= 15 is 0 Å². The van der Waals surface area contributed by atoms with Gasteiger partial charge in [-0.1, -0.05) is 13.8 Å². The maximum atomic E-state index is 12.2. The van der Waals surface area contributed by atoms with Gasteiger partial charge >= 0.3 is 6.18 Å². The molecule has 1 atom stereocenters. The lowest BCUT2D eigenvalue weighted by Gasteiger charge is -2.15. The number of thiophene rings is 1. The first-order valence-electron chi connectivity index (χ1n) is 5.87. The number of alkyl halides is 3. The lowest BCUT2D eigenvalue weighted by Crippen LogP contribution is -2.23. The van der Waals surface area contributed by atoms with Gasteiger partial charge in [-0.15, -0.1) is 11.3 Å². The highest BCUT2D eigenvalue weighted by atomic mass is 32.1. The average Bonchev–Trinajstić information content (AvgIpc) is 2.54. The van der Waals surface area contributed by atoms with Crippen molar-refractivity contribution in [2.45, 2.75) is 39.4 Å². The van der Waals surface area contributed by atoms with Crippen molar-refractivity contribution in [3.63, 3.8) is 0 Å². The van der Waals surface area contributed by atoms with Crippen LogP contribution in [0.1, 0.15) is 36.9 Å². The molecule has 0 saturated carbocycles. The van der Waals surface area contributed by atoms with Gasteiger partial charge in [-0.2, -0.15) is 13.2 Å². The second kappa shape index (κ2) is 5.81. The largest absolute Gasteiger partial charge is 0.397 e. The summed E-state index contributed by atoms with van der Waals surface area (Å²) in [6.45, 7) is 4.94. The molecule has 7 heteroatoms. The Morgan fingerprint density at radius 1 is 1.42 bits per heavy atom. The second-order valence-electron chi connectivity index (χ2n) is 4.78. The summed E-state index contributed by atoms with van der Waals surface area (Å²) in [7, 11) is 0. The number of carbonyl (C=O) groups is 1. The molecule has 0 radical (unpaired) electrons. The van der Waals surface area contributed by atoms with Crippen molar-refractivity contribution in [2.24, 2.45) is 5.92 Å². The highest BCUT2D eigenvalue weighted by Gasteiger charge is 2.30. The first-order valence-corrected chi connectivity index (χ1v) is 6.68. The fraction of sp³-hybridized carbons (Fsp3) is 0.583. The lowest BCUT2D eigenvalue weighted by molar-refractivity contribution is -0.136. The summed E-state index contributed by atoms with van der Waals surface area (Å²) < 4.78 is 36.6. The van der Waals surface area contributed by atoms with Gasteiger partial charge in [-0.3, -0.25) is 4.79 Å². The van der Waals surface area contributed by atoms with Gasteiger partial charge in [-0.05, 0) is 13.0 Å². The summed E-state index contributed by atoms with van der Waals surface area (Å²) in [6.07, 6.45) is -5.15. The Kier molecular flexibility index (Phi) is 4.84. The summed E-state index contributed by atoms with van der Waals surface area (Å²) in [5.74, 6) is -0.291. The van der Waals surface area contributed by atoms with E-state index < -0.39 is 18.6 Å². The van der Waals surface area contributed by atoms with Crippen LogP contribution in [0.15, 0.2) is 6.07 Å². The molecular weight excluding hydrogens is 277 g/mol.